The Labute approximate surface area is 129 Å². The van der Waals surface area contributed by atoms with Crippen LogP contribution in [-0.4, -0.2) is 38.4 Å². The molecule has 1 aromatic rings. The van der Waals surface area contributed by atoms with Crippen LogP contribution in [0.1, 0.15) is 25.3 Å². The van der Waals surface area contributed by atoms with Gasteiger partial charge in [0.15, 0.2) is 0 Å². The van der Waals surface area contributed by atoms with Crippen molar-refractivity contribution in [3.8, 4) is 0 Å². The molecule has 0 radical (unpaired) electrons. The summed E-state index contributed by atoms with van der Waals surface area (Å²) in [4.78, 5) is 0.395. The van der Waals surface area contributed by atoms with Gasteiger partial charge >= 0.3 is 0 Å². The largest absolute Gasteiger partial charge is 0.313 e. The molecule has 0 bridgehead atoms. The Bertz CT molecular complexity index is 569. The molecule has 1 unspecified atom stereocenters. The molecule has 1 atom stereocenters. The predicted molar refractivity (Wildman–Crippen MR) is 84.3 cm³/mol. The molecule has 1 fully saturated rings. The highest BCUT2D eigenvalue weighted by Gasteiger charge is 2.28. The van der Waals surface area contributed by atoms with Gasteiger partial charge in [-0.25, -0.2) is 8.42 Å². The van der Waals surface area contributed by atoms with E-state index in [0.717, 1.165) is 29.4 Å². The lowest BCUT2D eigenvalue weighted by molar-refractivity contribution is 0.382. The van der Waals surface area contributed by atoms with Gasteiger partial charge in [0.1, 0.15) is 0 Å². The van der Waals surface area contributed by atoms with Gasteiger partial charge in [-0.2, -0.15) is 4.31 Å². The van der Waals surface area contributed by atoms with E-state index in [4.69, 9.17) is 0 Å². The van der Waals surface area contributed by atoms with Crippen molar-refractivity contribution in [2.45, 2.75) is 37.6 Å². The first-order valence-corrected chi connectivity index (χ1v) is 9.18. The number of hydrogen-bond donors (Lipinski definition) is 1. The van der Waals surface area contributed by atoms with Crippen molar-refractivity contribution < 1.29 is 8.42 Å². The summed E-state index contributed by atoms with van der Waals surface area (Å²) in [6.45, 7) is 5.75. The first-order valence-electron chi connectivity index (χ1n) is 6.95. The monoisotopic (exact) mass is 360 g/mol. The number of sulfonamides is 1. The van der Waals surface area contributed by atoms with E-state index < -0.39 is 10.0 Å². The van der Waals surface area contributed by atoms with Crippen LogP contribution in [0.5, 0.6) is 0 Å². The van der Waals surface area contributed by atoms with Crippen LogP contribution >= 0.6 is 15.9 Å². The Kier molecular flexibility index (Phi) is 5.23. The normalized spacial score (nSPS) is 19.7. The van der Waals surface area contributed by atoms with Gasteiger partial charge in [0, 0.05) is 23.6 Å². The summed E-state index contributed by atoms with van der Waals surface area (Å²) >= 11 is 3.35. The van der Waals surface area contributed by atoms with E-state index in [9.17, 15) is 8.42 Å². The van der Waals surface area contributed by atoms with Gasteiger partial charge in [0.2, 0.25) is 10.0 Å². The minimum atomic E-state index is -3.43. The molecule has 20 heavy (non-hydrogen) atoms. The molecule has 0 aliphatic carbocycles. The van der Waals surface area contributed by atoms with E-state index in [1.165, 1.54) is 0 Å². The van der Waals surface area contributed by atoms with Crippen LogP contribution in [0.2, 0.25) is 0 Å². The molecule has 1 saturated heterocycles. The molecule has 2 rings (SSSR count). The van der Waals surface area contributed by atoms with E-state index in [1.807, 2.05) is 26.0 Å². The van der Waals surface area contributed by atoms with Gasteiger partial charge in [0.25, 0.3) is 0 Å². The van der Waals surface area contributed by atoms with Gasteiger partial charge in [-0.3, -0.25) is 0 Å². The van der Waals surface area contributed by atoms with Crippen LogP contribution in [0.4, 0.5) is 0 Å². The lowest BCUT2D eigenvalue weighted by Crippen LogP contribution is -2.41. The maximum Gasteiger partial charge on any atom is 0.243 e. The highest BCUT2D eigenvalue weighted by atomic mass is 79.9. The molecular formula is C14H21BrN2O2S. The van der Waals surface area contributed by atoms with E-state index in [2.05, 4.69) is 21.2 Å². The van der Waals surface area contributed by atoms with Crippen LogP contribution in [0, 0.1) is 6.92 Å². The van der Waals surface area contributed by atoms with Gasteiger partial charge in [-0.05, 0) is 44.0 Å². The first-order chi connectivity index (χ1) is 9.45. The molecule has 1 N–H and O–H groups in total. The number of aryl methyl sites for hydroxylation is 1. The number of rotatable bonds is 5. The predicted octanol–water partition coefficient (Wildman–Crippen LogP) is 2.52. The summed E-state index contributed by atoms with van der Waals surface area (Å²) in [5.41, 5.74) is 0.783. The van der Waals surface area contributed by atoms with E-state index in [0.29, 0.717) is 18.0 Å². The Morgan fingerprint density at radius 1 is 1.45 bits per heavy atom. The van der Waals surface area contributed by atoms with E-state index in [1.54, 1.807) is 10.4 Å². The molecule has 0 saturated carbocycles. The molecule has 1 aliphatic heterocycles. The topological polar surface area (TPSA) is 49.4 Å². The first kappa shape index (κ1) is 15.9. The van der Waals surface area contributed by atoms with Crippen molar-refractivity contribution in [2.75, 3.05) is 19.6 Å². The number of likely N-dealkylation sites (N-methyl/N-ethyl adjacent to an activating group) is 1. The smallest absolute Gasteiger partial charge is 0.243 e. The summed E-state index contributed by atoms with van der Waals surface area (Å²) in [6.07, 6.45) is 2.17. The van der Waals surface area contributed by atoms with Crippen LogP contribution in [0.3, 0.4) is 0 Å². The molecule has 1 heterocycles. The second-order valence-corrected chi connectivity index (χ2v) is 7.98. The fourth-order valence-electron chi connectivity index (χ4n) is 2.55. The average Bonchev–Trinajstić information content (AvgIpc) is 2.91. The molecule has 0 amide bonds. The van der Waals surface area contributed by atoms with Crippen LogP contribution in [0.15, 0.2) is 27.6 Å². The molecule has 4 nitrogen and oxygen atoms in total. The van der Waals surface area contributed by atoms with Crippen molar-refractivity contribution in [1.82, 2.24) is 9.62 Å². The van der Waals surface area contributed by atoms with Gasteiger partial charge in [-0.1, -0.05) is 28.9 Å². The molecule has 112 valence electrons. The van der Waals surface area contributed by atoms with Crippen LogP contribution in [0.25, 0.3) is 0 Å². The summed E-state index contributed by atoms with van der Waals surface area (Å²) in [5, 5.41) is 3.36. The number of nitrogens with zero attached hydrogens (tertiary/aromatic N) is 1. The van der Waals surface area contributed by atoms with Crippen molar-refractivity contribution in [3.05, 3.63) is 28.2 Å². The fourth-order valence-corrected chi connectivity index (χ4v) is 4.80. The third kappa shape index (κ3) is 3.42. The number of halogens is 1. The second kappa shape index (κ2) is 6.56. The Hall–Kier alpha value is -0.430. The minimum absolute atomic E-state index is 0.275. The number of nitrogens with one attached hydrogen (secondary N) is 1. The zero-order valence-corrected chi connectivity index (χ0v) is 14.3. The van der Waals surface area contributed by atoms with Crippen LogP contribution < -0.4 is 5.32 Å². The molecular weight excluding hydrogens is 340 g/mol. The maximum absolute atomic E-state index is 12.8. The van der Waals surface area contributed by atoms with Crippen molar-refractivity contribution in [3.63, 3.8) is 0 Å². The average molecular weight is 361 g/mol. The lowest BCUT2D eigenvalue weighted by atomic mass is 10.2. The molecule has 0 spiro atoms. The van der Waals surface area contributed by atoms with Gasteiger partial charge < -0.3 is 5.32 Å². The van der Waals surface area contributed by atoms with Crippen molar-refractivity contribution >= 4 is 26.0 Å². The van der Waals surface area contributed by atoms with E-state index >= 15 is 0 Å². The summed E-state index contributed by atoms with van der Waals surface area (Å²) in [7, 11) is -3.43. The molecule has 1 aromatic carbocycles. The highest BCUT2D eigenvalue weighted by molar-refractivity contribution is 9.10. The van der Waals surface area contributed by atoms with E-state index in [-0.39, 0.29) is 6.04 Å². The zero-order chi connectivity index (χ0) is 14.8. The third-order valence-corrected chi connectivity index (χ3v) is 6.28. The Balaban J connectivity index is 2.28. The summed E-state index contributed by atoms with van der Waals surface area (Å²) in [6, 6.07) is 5.66. The lowest BCUT2D eigenvalue weighted by Gasteiger charge is -2.24. The number of hydrogen-bond acceptors (Lipinski definition) is 3. The SMILES string of the molecule is CCN(CC1CCCN1)S(=O)(=O)c1cc(Br)ccc1C. The van der Waals surface area contributed by atoms with Gasteiger partial charge in [0.05, 0.1) is 4.90 Å². The quantitative estimate of drug-likeness (QED) is 0.877. The fraction of sp³-hybridized carbons (Fsp3) is 0.571. The Morgan fingerprint density at radius 2 is 2.20 bits per heavy atom. The maximum atomic E-state index is 12.8. The highest BCUT2D eigenvalue weighted by Crippen LogP contribution is 2.24. The second-order valence-electron chi connectivity index (χ2n) is 5.16. The standard InChI is InChI=1S/C14H21BrN2O2S/c1-3-17(10-13-5-4-8-16-13)20(18,19)14-9-12(15)7-6-11(14)2/h6-7,9,13,16H,3-5,8,10H2,1-2H3. The van der Waals surface area contributed by atoms with Crippen LogP contribution in [-0.2, 0) is 10.0 Å². The summed E-state index contributed by atoms with van der Waals surface area (Å²) in [5.74, 6) is 0. The number of benzene rings is 1. The molecule has 1 aliphatic rings. The zero-order valence-electron chi connectivity index (χ0n) is 11.9. The molecule has 0 aromatic heterocycles. The molecule has 6 heteroatoms. The van der Waals surface area contributed by atoms with Crippen molar-refractivity contribution in [1.29, 1.82) is 0 Å². The third-order valence-electron chi connectivity index (χ3n) is 3.71. The summed E-state index contributed by atoms with van der Waals surface area (Å²) < 4.78 is 28.0. The van der Waals surface area contributed by atoms with Crippen molar-refractivity contribution in [2.24, 2.45) is 0 Å². The Morgan fingerprint density at radius 3 is 2.80 bits per heavy atom. The minimum Gasteiger partial charge on any atom is -0.313 e. The van der Waals surface area contributed by atoms with Gasteiger partial charge in [-0.15, -0.1) is 0 Å².